The highest BCUT2D eigenvalue weighted by atomic mass is 16.6. The van der Waals surface area contributed by atoms with Crippen molar-refractivity contribution in [1.29, 1.82) is 0 Å². The van der Waals surface area contributed by atoms with Crippen molar-refractivity contribution in [1.82, 2.24) is 0 Å². The number of unbranched alkanes of at least 4 members (excludes halogenated alkanes) is 43. The monoisotopic (exact) mass is 905 g/mol. The molecular formula is C58H112O6. The summed E-state index contributed by atoms with van der Waals surface area (Å²) < 4.78 is 16.9. The van der Waals surface area contributed by atoms with Crippen LogP contribution in [0.15, 0.2) is 0 Å². The predicted octanol–water partition coefficient (Wildman–Crippen LogP) is 19.2. The summed E-state index contributed by atoms with van der Waals surface area (Å²) >= 11 is 0. The molecule has 0 fully saturated rings. The van der Waals surface area contributed by atoms with Crippen LogP contribution in [0.4, 0.5) is 0 Å². The van der Waals surface area contributed by atoms with E-state index in [1.54, 1.807) is 0 Å². The first-order valence-corrected chi connectivity index (χ1v) is 29.0. The zero-order chi connectivity index (χ0) is 46.5. The summed E-state index contributed by atoms with van der Waals surface area (Å²) in [5, 5.41) is 0. The quantitative estimate of drug-likeness (QED) is 0.0344. The van der Waals surface area contributed by atoms with E-state index in [2.05, 4.69) is 20.8 Å². The molecule has 0 radical (unpaired) electrons. The van der Waals surface area contributed by atoms with E-state index in [4.69, 9.17) is 14.2 Å². The Morgan fingerprint density at radius 2 is 0.422 bits per heavy atom. The Morgan fingerprint density at radius 1 is 0.250 bits per heavy atom. The molecule has 0 aromatic carbocycles. The van der Waals surface area contributed by atoms with Crippen LogP contribution in [0.2, 0.25) is 0 Å². The average molecular weight is 906 g/mol. The second kappa shape index (κ2) is 54.0. The molecule has 0 rings (SSSR count). The van der Waals surface area contributed by atoms with Crippen LogP contribution >= 0.6 is 0 Å². The standard InChI is InChI=1S/C58H112O6/c1-4-7-10-13-16-19-22-24-26-28-30-32-34-37-40-43-46-49-52-58(61)64-55(53-62-56(59)50-47-44-41-38-35-21-18-15-12-9-6-3)54-63-57(60)51-48-45-42-39-36-33-31-29-27-25-23-20-17-14-11-8-5-2/h55H,4-54H2,1-3H3/t55-/m1/s1. The Bertz CT molecular complexity index is 951. The molecule has 0 saturated carbocycles. The molecule has 0 N–H and O–H groups in total. The molecule has 1 atom stereocenters. The fourth-order valence-electron chi connectivity index (χ4n) is 8.98. The van der Waals surface area contributed by atoms with Crippen molar-refractivity contribution in [2.75, 3.05) is 13.2 Å². The van der Waals surface area contributed by atoms with E-state index in [0.29, 0.717) is 19.3 Å². The maximum absolute atomic E-state index is 12.8. The maximum atomic E-state index is 12.8. The van der Waals surface area contributed by atoms with Gasteiger partial charge in [-0.2, -0.15) is 0 Å². The van der Waals surface area contributed by atoms with Gasteiger partial charge in [0.2, 0.25) is 0 Å². The van der Waals surface area contributed by atoms with Crippen molar-refractivity contribution in [3.05, 3.63) is 0 Å². The van der Waals surface area contributed by atoms with Crippen LogP contribution in [-0.4, -0.2) is 37.2 Å². The van der Waals surface area contributed by atoms with Crippen molar-refractivity contribution >= 4 is 17.9 Å². The summed E-state index contributed by atoms with van der Waals surface area (Å²) in [5.74, 6) is -0.833. The van der Waals surface area contributed by atoms with E-state index < -0.39 is 6.10 Å². The van der Waals surface area contributed by atoms with Gasteiger partial charge in [0, 0.05) is 19.3 Å². The molecular weight excluding hydrogens is 793 g/mol. The first-order chi connectivity index (χ1) is 31.5. The first-order valence-electron chi connectivity index (χ1n) is 29.0. The summed E-state index contributed by atoms with van der Waals surface area (Å²) in [7, 11) is 0. The summed E-state index contributed by atoms with van der Waals surface area (Å²) in [6, 6.07) is 0. The SMILES string of the molecule is CCCCCCCCCCCCCCCCCCCCC(=O)O[C@H](COC(=O)CCCCCCCCCCCCC)COC(=O)CCCCCCCCCCCCCCCCCCC. The van der Waals surface area contributed by atoms with Gasteiger partial charge in [-0.1, -0.05) is 297 Å². The van der Waals surface area contributed by atoms with Gasteiger partial charge in [0.05, 0.1) is 0 Å². The van der Waals surface area contributed by atoms with Crippen LogP contribution in [0.25, 0.3) is 0 Å². The lowest BCUT2D eigenvalue weighted by Gasteiger charge is -2.18. The largest absolute Gasteiger partial charge is 0.462 e. The topological polar surface area (TPSA) is 78.9 Å². The summed E-state index contributed by atoms with van der Waals surface area (Å²) in [4.78, 5) is 38.1. The first kappa shape index (κ1) is 62.4. The Hall–Kier alpha value is -1.59. The Balaban J connectivity index is 4.25. The zero-order valence-corrected chi connectivity index (χ0v) is 43.6. The third kappa shape index (κ3) is 51.4. The van der Waals surface area contributed by atoms with Crippen molar-refractivity contribution < 1.29 is 28.6 Å². The minimum absolute atomic E-state index is 0.0611. The van der Waals surface area contributed by atoms with Gasteiger partial charge in [-0.05, 0) is 19.3 Å². The lowest BCUT2D eigenvalue weighted by molar-refractivity contribution is -0.167. The summed E-state index contributed by atoms with van der Waals surface area (Å²) in [6.07, 6.45) is 59.5. The number of hydrogen-bond acceptors (Lipinski definition) is 6. The van der Waals surface area contributed by atoms with Crippen LogP contribution in [-0.2, 0) is 28.6 Å². The smallest absolute Gasteiger partial charge is 0.306 e. The van der Waals surface area contributed by atoms with Gasteiger partial charge >= 0.3 is 17.9 Å². The van der Waals surface area contributed by atoms with Crippen molar-refractivity contribution in [2.24, 2.45) is 0 Å². The Kier molecular flexibility index (Phi) is 52.7. The van der Waals surface area contributed by atoms with Gasteiger partial charge in [-0.25, -0.2) is 0 Å². The molecule has 0 bridgehead atoms. The number of hydrogen-bond donors (Lipinski definition) is 0. The molecule has 380 valence electrons. The molecule has 0 heterocycles. The number of ether oxygens (including phenoxy) is 3. The molecule has 0 aliphatic carbocycles. The van der Waals surface area contributed by atoms with Crippen LogP contribution in [0, 0.1) is 0 Å². The fraction of sp³-hybridized carbons (Fsp3) is 0.948. The van der Waals surface area contributed by atoms with Gasteiger partial charge in [-0.3, -0.25) is 14.4 Å². The predicted molar refractivity (Wildman–Crippen MR) is 275 cm³/mol. The minimum atomic E-state index is -0.760. The van der Waals surface area contributed by atoms with Gasteiger partial charge in [-0.15, -0.1) is 0 Å². The number of rotatable bonds is 54. The molecule has 6 nitrogen and oxygen atoms in total. The average Bonchev–Trinajstić information content (AvgIpc) is 3.29. The third-order valence-electron chi connectivity index (χ3n) is 13.4. The van der Waals surface area contributed by atoms with Crippen LogP contribution in [0.3, 0.4) is 0 Å². The lowest BCUT2D eigenvalue weighted by Crippen LogP contribution is -2.30. The van der Waals surface area contributed by atoms with Crippen molar-refractivity contribution in [3.63, 3.8) is 0 Å². The molecule has 64 heavy (non-hydrogen) atoms. The van der Waals surface area contributed by atoms with Gasteiger partial charge in [0.15, 0.2) is 6.10 Å². The van der Waals surface area contributed by atoms with E-state index in [1.165, 1.54) is 238 Å². The van der Waals surface area contributed by atoms with E-state index in [1.807, 2.05) is 0 Å². The Labute approximate surface area is 399 Å². The van der Waals surface area contributed by atoms with E-state index in [0.717, 1.165) is 57.8 Å². The second-order valence-electron chi connectivity index (χ2n) is 19.9. The second-order valence-corrected chi connectivity index (χ2v) is 19.9. The van der Waals surface area contributed by atoms with Crippen molar-refractivity contribution in [2.45, 2.75) is 341 Å². The van der Waals surface area contributed by atoms with Crippen LogP contribution in [0.1, 0.15) is 335 Å². The molecule has 0 aromatic heterocycles. The molecule has 0 aliphatic heterocycles. The highest BCUT2D eigenvalue weighted by Crippen LogP contribution is 2.18. The zero-order valence-electron chi connectivity index (χ0n) is 43.6. The van der Waals surface area contributed by atoms with E-state index in [9.17, 15) is 14.4 Å². The molecule has 0 aliphatic rings. The fourth-order valence-corrected chi connectivity index (χ4v) is 8.98. The lowest BCUT2D eigenvalue weighted by atomic mass is 10.0. The number of carbonyl (C=O) groups is 3. The van der Waals surface area contributed by atoms with Gasteiger partial charge in [0.25, 0.3) is 0 Å². The highest BCUT2D eigenvalue weighted by molar-refractivity contribution is 5.71. The molecule has 0 unspecified atom stereocenters. The molecule has 0 aromatic rings. The number of carbonyl (C=O) groups excluding carboxylic acids is 3. The van der Waals surface area contributed by atoms with Crippen LogP contribution < -0.4 is 0 Å². The summed E-state index contributed by atoms with van der Waals surface area (Å²) in [6.45, 7) is 6.70. The van der Waals surface area contributed by atoms with E-state index >= 15 is 0 Å². The maximum Gasteiger partial charge on any atom is 0.306 e. The highest BCUT2D eigenvalue weighted by Gasteiger charge is 2.19. The molecule has 0 saturated heterocycles. The Morgan fingerprint density at radius 3 is 0.625 bits per heavy atom. The van der Waals surface area contributed by atoms with Crippen LogP contribution in [0.5, 0.6) is 0 Å². The minimum Gasteiger partial charge on any atom is -0.462 e. The number of esters is 3. The molecule has 0 spiro atoms. The third-order valence-corrected chi connectivity index (χ3v) is 13.4. The molecule has 0 amide bonds. The van der Waals surface area contributed by atoms with Gasteiger partial charge in [0.1, 0.15) is 13.2 Å². The molecule has 6 heteroatoms. The van der Waals surface area contributed by atoms with E-state index in [-0.39, 0.29) is 31.1 Å². The van der Waals surface area contributed by atoms with Crippen molar-refractivity contribution in [3.8, 4) is 0 Å². The normalized spacial score (nSPS) is 11.9. The van der Waals surface area contributed by atoms with Gasteiger partial charge < -0.3 is 14.2 Å². The summed E-state index contributed by atoms with van der Waals surface area (Å²) in [5.41, 5.74) is 0.